The summed E-state index contributed by atoms with van der Waals surface area (Å²) in [5, 5.41) is 8.38. The number of unbranched alkanes of at least 4 members (excludes halogenated alkanes) is 1. The average molecular weight is 413 g/mol. The van der Waals surface area contributed by atoms with Crippen LogP contribution in [0.2, 0.25) is 0 Å². The van der Waals surface area contributed by atoms with Crippen molar-refractivity contribution in [3.05, 3.63) is 65.2 Å². The number of rotatable bonds is 7. The largest absolute Gasteiger partial charge is 0.465 e. The minimum Gasteiger partial charge on any atom is -0.465 e. The first-order valence-corrected chi connectivity index (χ1v) is 9.54. The van der Waals surface area contributed by atoms with Crippen LogP contribution in [0, 0.1) is 0 Å². The average Bonchev–Trinajstić information content (AvgIpc) is 2.73. The lowest BCUT2D eigenvalue weighted by atomic mass is 10.1. The number of carbonyl (C=O) groups is 3. The van der Waals surface area contributed by atoms with E-state index in [1.54, 1.807) is 42.5 Å². The molecule has 0 saturated carbocycles. The van der Waals surface area contributed by atoms with Gasteiger partial charge in [-0.1, -0.05) is 19.4 Å². The highest BCUT2D eigenvalue weighted by molar-refractivity contribution is 7.80. The summed E-state index contributed by atoms with van der Waals surface area (Å²) < 4.78 is 4.65. The van der Waals surface area contributed by atoms with E-state index in [0.29, 0.717) is 17.8 Å². The van der Waals surface area contributed by atoms with Crippen molar-refractivity contribution in [2.45, 2.75) is 19.8 Å². The maximum atomic E-state index is 12.3. The van der Waals surface area contributed by atoms with E-state index in [2.05, 4.69) is 27.6 Å². The summed E-state index contributed by atoms with van der Waals surface area (Å²) in [5.41, 5.74) is 1.72. The van der Waals surface area contributed by atoms with Gasteiger partial charge < -0.3 is 15.4 Å². The molecule has 0 radical (unpaired) electrons. The van der Waals surface area contributed by atoms with Crippen LogP contribution in [-0.2, 0) is 4.74 Å². The minimum atomic E-state index is -0.529. The van der Waals surface area contributed by atoms with Gasteiger partial charge in [0.15, 0.2) is 5.11 Å². The molecule has 7 nitrogen and oxygen atoms in total. The minimum absolute atomic E-state index is 0.0959. The fourth-order valence-electron chi connectivity index (χ4n) is 2.43. The van der Waals surface area contributed by atoms with Crippen LogP contribution in [-0.4, -0.2) is 36.6 Å². The van der Waals surface area contributed by atoms with E-state index < -0.39 is 11.9 Å². The first kappa shape index (κ1) is 22.0. The lowest BCUT2D eigenvalue weighted by Gasteiger charge is -2.11. The van der Waals surface area contributed by atoms with Crippen molar-refractivity contribution in [1.29, 1.82) is 0 Å². The van der Waals surface area contributed by atoms with Gasteiger partial charge in [-0.15, -0.1) is 0 Å². The number of benzene rings is 2. The molecule has 0 aliphatic heterocycles. The standard InChI is InChI=1S/C21H23N3O4S/c1-3-4-12-22-18(25)14-8-10-17(11-9-14)23-21(29)24-19(26)15-6-5-7-16(13-15)20(27)28-2/h5-11,13H,3-4,12H2,1-2H3,(H,22,25)(H2,23,24,26,29). The molecule has 29 heavy (non-hydrogen) atoms. The number of nitrogens with one attached hydrogen (secondary N) is 3. The lowest BCUT2D eigenvalue weighted by Crippen LogP contribution is -2.34. The zero-order chi connectivity index (χ0) is 21.2. The molecule has 2 rings (SSSR count). The quantitative estimate of drug-likeness (QED) is 0.367. The number of methoxy groups -OCH3 is 1. The van der Waals surface area contributed by atoms with Gasteiger partial charge in [0.1, 0.15) is 0 Å². The van der Waals surface area contributed by atoms with E-state index in [-0.39, 0.29) is 22.1 Å². The third kappa shape index (κ3) is 6.69. The van der Waals surface area contributed by atoms with Gasteiger partial charge in [0, 0.05) is 23.4 Å². The molecule has 0 unspecified atom stereocenters. The Morgan fingerprint density at radius 3 is 2.31 bits per heavy atom. The molecule has 0 saturated heterocycles. The maximum absolute atomic E-state index is 12.3. The third-order valence-corrected chi connectivity index (χ3v) is 4.20. The zero-order valence-electron chi connectivity index (χ0n) is 16.3. The molecule has 2 amide bonds. The molecule has 0 aliphatic rings. The van der Waals surface area contributed by atoms with Crippen LogP contribution in [0.15, 0.2) is 48.5 Å². The molecule has 0 atom stereocenters. The van der Waals surface area contributed by atoms with E-state index in [1.165, 1.54) is 13.2 Å². The summed E-state index contributed by atoms with van der Waals surface area (Å²) in [6.07, 6.45) is 1.95. The molecule has 152 valence electrons. The molecular weight excluding hydrogens is 390 g/mol. The number of esters is 1. The molecule has 0 spiro atoms. The molecule has 3 N–H and O–H groups in total. The Morgan fingerprint density at radius 2 is 1.66 bits per heavy atom. The molecular formula is C21H23N3O4S. The second kappa shape index (κ2) is 10.9. The first-order valence-electron chi connectivity index (χ1n) is 9.13. The van der Waals surface area contributed by atoms with Crippen LogP contribution in [0.3, 0.4) is 0 Å². The SMILES string of the molecule is CCCCNC(=O)c1ccc(NC(=S)NC(=O)c2cccc(C(=O)OC)c2)cc1. The van der Waals surface area contributed by atoms with Gasteiger partial charge in [-0.3, -0.25) is 14.9 Å². The lowest BCUT2D eigenvalue weighted by molar-refractivity contribution is 0.0600. The van der Waals surface area contributed by atoms with Crippen molar-refractivity contribution in [2.75, 3.05) is 19.0 Å². The van der Waals surface area contributed by atoms with E-state index in [9.17, 15) is 14.4 Å². The molecule has 8 heteroatoms. The van der Waals surface area contributed by atoms with Crippen molar-refractivity contribution < 1.29 is 19.1 Å². The Balaban J connectivity index is 1.92. The molecule has 0 bridgehead atoms. The van der Waals surface area contributed by atoms with Gasteiger partial charge in [-0.25, -0.2) is 4.79 Å². The second-order valence-corrected chi connectivity index (χ2v) is 6.58. The summed E-state index contributed by atoms with van der Waals surface area (Å²) in [6.45, 7) is 2.70. The zero-order valence-corrected chi connectivity index (χ0v) is 17.1. The Bertz CT molecular complexity index is 897. The van der Waals surface area contributed by atoms with Crippen molar-refractivity contribution >= 4 is 40.8 Å². The van der Waals surface area contributed by atoms with Gasteiger partial charge in [0.2, 0.25) is 0 Å². The number of anilines is 1. The third-order valence-electron chi connectivity index (χ3n) is 3.99. The van der Waals surface area contributed by atoms with Crippen LogP contribution in [0.5, 0.6) is 0 Å². The smallest absolute Gasteiger partial charge is 0.337 e. The Morgan fingerprint density at radius 1 is 0.966 bits per heavy atom. The number of hydrogen-bond donors (Lipinski definition) is 3. The van der Waals surface area contributed by atoms with E-state index in [4.69, 9.17) is 12.2 Å². The number of ether oxygens (including phenoxy) is 1. The molecule has 0 aromatic heterocycles. The van der Waals surface area contributed by atoms with Crippen molar-refractivity contribution in [1.82, 2.24) is 10.6 Å². The number of carbonyl (C=O) groups excluding carboxylic acids is 3. The monoisotopic (exact) mass is 413 g/mol. The van der Waals surface area contributed by atoms with Crippen molar-refractivity contribution in [2.24, 2.45) is 0 Å². The van der Waals surface area contributed by atoms with Gasteiger partial charge in [-0.2, -0.15) is 0 Å². The fourth-order valence-corrected chi connectivity index (χ4v) is 2.64. The molecule has 2 aromatic carbocycles. The van der Waals surface area contributed by atoms with Gasteiger partial charge in [0.25, 0.3) is 11.8 Å². The molecule has 0 aliphatic carbocycles. The van der Waals surface area contributed by atoms with Crippen LogP contribution < -0.4 is 16.0 Å². The van der Waals surface area contributed by atoms with Crippen molar-refractivity contribution in [3.63, 3.8) is 0 Å². The Hall–Kier alpha value is -3.26. The summed E-state index contributed by atoms with van der Waals surface area (Å²) in [4.78, 5) is 35.9. The summed E-state index contributed by atoms with van der Waals surface area (Å²) in [5.74, 6) is -1.12. The molecule has 0 fully saturated rings. The highest BCUT2D eigenvalue weighted by Crippen LogP contribution is 2.10. The van der Waals surface area contributed by atoms with Crippen LogP contribution in [0.25, 0.3) is 0 Å². The highest BCUT2D eigenvalue weighted by atomic mass is 32.1. The Kier molecular flexibility index (Phi) is 8.29. The normalized spacial score (nSPS) is 10.0. The number of thiocarbonyl (C=S) groups is 1. The van der Waals surface area contributed by atoms with Gasteiger partial charge >= 0.3 is 5.97 Å². The summed E-state index contributed by atoms with van der Waals surface area (Å²) in [7, 11) is 1.27. The topological polar surface area (TPSA) is 96.5 Å². The van der Waals surface area contributed by atoms with Crippen LogP contribution >= 0.6 is 12.2 Å². The fraction of sp³-hybridized carbons (Fsp3) is 0.238. The second-order valence-electron chi connectivity index (χ2n) is 6.17. The number of amides is 2. The molecule has 2 aromatic rings. The summed E-state index contributed by atoms with van der Waals surface area (Å²) >= 11 is 5.16. The van der Waals surface area contributed by atoms with Gasteiger partial charge in [0.05, 0.1) is 12.7 Å². The Labute approximate surface area is 174 Å². The number of hydrogen-bond acceptors (Lipinski definition) is 5. The van der Waals surface area contributed by atoms with Crippen LogP contribution in [0.1, 0.15) is 50.8 Å². The predicted octanol–water partition coefficient (Wildman–Crippen LogP) is 3.13. The van der Waals surface area contributed by atoms with Crippen molar-refractivity contribution in [3.8, 4) is 0 Å². The molecule has 0 heterocycles. The highest BCUT2D eigenvalue weighted by Gasteiger charge is 2.12. The van der Waals surface area contributed by atoms with Gasteiger partial charge in [-0.05, 0) is 61.1 Å². The van der Waals surface area contributed by atoms with Crippen LogP contribution in [0.4, 0.5) is 5.69 Å². The van der Waals surface area contributed by atoms with E-state index in [1.807, 2.05) is 0 Å². The summed E-state index contributed by atoms with van der Waals surface area (Å²) in [6, 6.07) is 12.9. The van der Waals surface area contributed by atoms with E-state index in [0.717, 1.165) is 12.8 Å². The predicted molar refractivity (Wildman–Crippen MR) is 115 cm³/mol. The maximum Gasteiger partial charge on any atom is 0.337 e. The van der Waals surface area contributed by atoms with E-state index >= 15 is 0 Å². The first-order chi connectivity index (χ1) is 13.9.